The van der Waals surface area contributed by atoms with Gasteiger partial charge in [0, 0.05) is 23.4 Å². The van der Waals surface area contributed by atoms with Gasteiger partial charge in [-0.15, -0.1) is 0 Å². The van der Waals surface area contributed by atoms with E-state index in [0.29, 0.717) is 11.3 Å². The Hall–Kier alpha value is -2.96. The predicted octanol–water partition coefficient (Wildman–Crippen LogP) is 3.21. The van der Waals surface area contributed by atoms with E-state index in [9.17, 15) is 18.7 Å². The third kappa shape index (κ3) is 2.50. The van der Waals surface area contributed by atoms with Crippen molar-refractivity contribution in [2.24, 2.45) is 0 Å². The summed E-state index contributed by atoms with van der Waals surface area (Å²) >= 11 is 0. The van der Waals surface area contributed by atoms with Gasteiger partial charge in [0.1, 0.15) is 11.9 Å². The molecule has 2 aromatic carbocycles. The van der Waals surface area contributed by atoms with E-state index in [1.54, 1.807) is 24.3 Å². The Morgan fingerprint density at radius 2 is 1.96 bits per heavy atom. The summed E-state index contributed by atoms with van der Waals surface area (Å²) in [4.78, 5) is 15.7. The standard InChI is InChI=1S/C16H13F2N3O2/c1-8(16(22)23)21-14-7-12(18)11(17)6-13(14)20-15(21)9-3-2-4-10(19)5-9/h2-8H,19H2,1H3,(H,22,23). The number of anilines is 1. The van der Waals surface area contributed by atoms with Gasteiger partial charge in [0.2, 0.25) is 0 Å². The van der Waals surface area contributed by atoms with Gasteiger partial charge >= 0.3 is 5.97 Å². The van der Waals surface area contributed by atoms with Gasteiger partial charge in [0.15, 0.2) is 11.6 Å². The van der Waals surface area contributed by atoms with Gasteiger partial charge in [-0.2, -0.15) is 0 Å². The number of benzene rings is 2. The second kappa shape index (κ2) is 5.35. The molecule has 0 saturated carbocycles. The summed E-state index contributed by atoms with van der Waals surface area (Å²) in [5.74, 6) is -2.92. The van der Waals surface area contributed by atoms with Crippen LogP contribution < -0.4 is 5.73 Å². The molecule has 7 heteroatoms. The van der Waals surface area contributed by atoms with Gasteiger partial charge in [-0.3, -0.25) is 0 Å². The Bertz CT molecular complexity index is 921. The number of carboxylic acid groups (broad SMARTS) is 1. The highest BCUT2D eigenvalue weighted by Crippen LogP contribution is 2.30. The lowest BCUT2D eigenvalue weighted by Crippen LogP contribution is -2.16. The summed E-state index contributed by atoms with van der Waals surface area (Å²) in [6.07, 6.45) is 0. The number of imidazole rings is 1. The van der Waals surface area contributed by atoms with E-state index in [0.717, 1.165) is 12.1 Å². The van der Waals surface area contributed by atoms with Crippen molar-refractivity contribution in [1.29, 1.82) is 0 Å². The first kappa shape index (κ1) is 15.0. The first-order valence-electron chi connectivity index (χ1n) is 6.84. The molecule has 5 nitrogen and oxygen atoms in total. The summed E-state index contributed by atoms with van der Waals surface area (Å²) in [5.41, 5.74) is 7.17. The molecule has 0 fully saturated rings. The number of nitrogens with two attached hydrogens (primary N) is 1. The van der Waals surface area contributed by atoms with Gasteiger partial charge < -0.3 is 15.4 Å². The number of rotatable bonds is 3. The van der Waals surface area contributed by atoms with E-state index in [2.05, 4.69) is 4.98 Å². The maximum atomic E-state index is 13.6. The van der Waals surface area contributed by atoms with Crippen molar-refractivity contribution in [3.8, 4) is 11.4 Å². The van der Waals surface area contributed by atoms with Crippen LogP contribution in [-0.2, 0) is 4.79 Å². The number of carboxylic acids is 1. The van der Waals surface area contributed by atoms with Crippen LogP contribution in [0.2, 0.25) is 0 Å². The van der Waals surface area contributed by atoms with Crippen molar-refractivity contribution >= 4 is 22.7 Å². The molecule has 1 heterocycles. The highest BCUT2D eigenvalue weighted by Gasteiger charge is 2.23. The lowest BCUT2D eigenvalue weighted by molar-refractivity contribution is -0.140. The minimum atomic E-state index is -1.11. The topological polar surface area (TPSA) is 81.1 Å². The molecule has 0 aliphatic heterocycles. The molecule has 0 aliphatic carbocycles. The molecular weight excluding hydrogens is 304 g/mol. The third-order valence-corrected chi connectivity index (χ3v) is 3.62. The van der Waals surface area contributed by atoms with Crippen LogP contribution in [0.3, 0.4) is 0 Å². The van der Waals surface area contributed by atoms with Crippen molar-refractivity contribution in [3.63, 3.8) is 0 Å². The van der Waals surface area contributed by atoms with Gasteiger partial charge in [0.25, 0.3) is 0 Å². The molecule has 0 aliphatic rings. The normalized spacial score (nSPS) is 12.5. The predicted molar refractivity (Wildman–Crippen MR) is 81.8 cm³/mol. The van der Waals surface area contributed by atoms with Crippen LogP contribution in [0.25, 0.3) is 22.4 Å². The molecule has 0 radical (unpaired) electrons. The molecule has 23 heavy (non-hydrogen) atoms. The Labute approximate surface area is 130 Å². The maximum Gasteiger partial charge on any atom is 0.326 e. The summed E-state index contributed by atoms with van der Waals surface area (Å²) in [7, 11) is 0. The zero-order chi connectivity index (χ0) is 16.7. The number of hydrogen-bond acceptors (Lipinski definition) is 3. The number of aromatic nitrogens is 2. The fourth-order valence-electron chi connectivity index (χ4n) is 2.47. The zero-order valence-corrected chi connectivity index (χ0v) is 12.1. The molecule has 118 valence electrons. The fourth-order valence-corrected chi connectivity index (χ4v) is 2.47. The van der Waals surface area contributed by atoms with Gasteiger partial charge in [-0.05, 0) is 19.1 Å². The van der Waals surface area contributed by atoms with Gasteiger partial charge in [-0.25, -0.2) is 18.6 Å². The van der Waals surface area contributed by atoms with Crippen LogP contribution in [0.4, 0.5) is 14.5 Å². The van der Waals surface area contributed by atoms with E-state index >= 15 is 0 Å². The van der Waals surface area contributed by atoms with Crippen LogP contribution in [0.1, 0.15) is 13.0 Å². The van der Waals surface area contributed by atoms with Gasteiger partial charge in [0.05, 0.1) is 11.0 Å². The molecule has 3 aromatic rings. The van der Waals surface area contributed by atoms with E-state index in [4.69, 9.17) is 5.73 Å². The van der Waals surface area contributed by atoms with Crippen molar-refractivity contribution in [2.45, 2.75) is 13.0 Å². The van der Waals surface area contributed by atoms with Crippen molar-refractivity contribution in [1.82, 2.24) is 9.55 Å². The molecule has 1 atom stereocenters. The van der Waals surface area contributed by atoms with Crippen LogP contribution >= 0.6 is 0 Å². The summed E-state index contributed by atoms with van der Waals surface area (Å²) in [6.45, 7) is 1.44. The second-order valence-electron chi connectivity index (χ2n) is 5.20. The minimum absolute atomic E-state index is 0.175. The fraction of sp³-hybridized carbons (Fsp3) is 0.125. The van der Waals surface area contributed by atoms with Crippen molar-refractivity contribution < 1.29 is 18.7 Å². The van der Waals surface area contributed by atoms with Crippen LogP contribution in [-0.4, -0.2) is 20.6 Å². The molecule has 1 unspecified atom stereocenters. The number of aliphatic carboxylic acids is 1. The van der Waals surface area contributed by atoms with E-state index in [1.807, 2.05) is 0 Å². The maximum absolute atomic E-state index is 13.6. The lowest BCUT2D eigenvalue weighted by atomic mass is 10.2. The first-order chi connectivity index (χ1) is 10.9. The molecule has 0 spiro atoms. The minimum Gasteiger partial charge on any atom is -0.480 e. The van der Waals surface area contributed by atoms with E-state index in [1.165, 1.54) is 11.5 Å². The number of halogens is 2. The summed E-state index contributed by atoms with van der Waals surface area (Å²) < 4.78 is 28.4. The Balaban J connectivity index is 2.36. The largest absolute Gasteiger partial charge is 0.480 e. The molecule has 0 amide bonds. The van der Waals surface area contributed by atoms with Gasteiger partial charge in [-0.1, -0.05) is 12.1 Å². The van der Waals surface area contributed by atoms with E-state index < -0.39 is 23.6 Å². The zero-order valence-electron chi connectivity index (χ0n) is 12.1. The first-order valence-corrected chi connectivity index (χ1v) is 6.84. The molecule has 1 aromatic heterocycles. The van der Waals surface area contributed by atoms with Crippen LogP contribution in [0.15, 0.2) is 36.4 Å². The molecule has 3 rings (SSSR count). The molecular formula is C16H13F2N3O2. The highest BCUT2D eigenvalue weighted by atomic mass is 19.2. The molecule has 0 bridgehead atoms. The summed E-state index contributed by atoms with van der Waals surface area (Å²) in [5, 5.41) is 9.32. The van der Waals surface area contributed by atoms with Crippen LogP contribution in [0.5, 0.6) is 0 Å². The number of hydrogen-bond donors (Lipinski definition) is 2. The third-order valence-electron chi connectivity index (χ3n) is 3.62. The SMILES string of the molecule is CC(C(=O)O)n1c(-c2cccc(N)c2)nc2cc(F)c(F)cc21. The highest BCUT2D eigenvalue weighted by molar-refractivity contribution is 5.84. The monoisotopic (exact) mass is 317 g/mol. The number of fused-ring (bicyclic) bond motifs is 1. The van der Waals surface area contributed by atoms with Crippen molar-refractivity contribution in [3.05, 3.63) is 48.0 Å². The Morgan fingerprint density at radius 3 is 2.61 bits per heavy atom. The number of carbonyl (C=O) groups is 1. The summed E-state index contributed by atoms with van der Waals surface area (Å²) in [6, 6.07) is 7.59. The number of nitrogen functional groups attached to an aromatic ring is 1. The smallest absolute Gasteiger partial charge is 0.326 e. The average Bonchev–Trinajstić information content (AvgIpc) is 2.85. The lowest BCUT2D eigenvalue weighted by Gasteiger charge is -2.14. The molecule has 3 N–H and O–H groups in total. The quantitative estimate of drug-likeness (QED) is 0.727. The Kier molecular flexibility index (Phi) is 3.48. The second-order valence-corrected chi connectivity index (χ2v) is 5.20. The Morgan fingerprint density at radius 1 is 1.26 bits per heavy atom. The molecule has 0 saturated heterocycles. The van der Waals surface area contributed by atoms with Crippen molar-refractivity contribution in [2.75, 3.05) is 5.73 Å². The number of nitrogens with zero attached hydrogens (tertiary/aromatic N) is 2. The van der Waals surface area contributed by atoms with E-state index in [-0.39, 0.29) is 16.9 Å². The van der Waals surface area contributed by atoms with Crippen LogP contribution in [0, 0.1) is 11.6 Å². The average molecular weight is 317 g/mol.